The van der Waals surface area contributed by atoms with Gasteiger partial charge in [0.15, 0.2) is 0 Å². The molecule has 3 heterocycles. The lowest BCUT2D eigenvalue weighted by Crippen LogP contribution is -2.43. The number of benzene rings is 1. The van der Waals surface area contributed by atoms with Crippen molar-refractivity contribution in [3.8, 4) is 5.75 Å². The number of halogens is 1. The summed E-state index contributed by atoms with van der Waals surface area (Å²) in [6, 6.07) is 9.54. The van der Waals surface area contributed by atoms with Crippen LogP contribution in [0.3, 0.4) is 0 Å². The van der Waals surface area contributed by atoms with Gasteiger partial charge in [-0.3, -0.25) is 4.98 Å². The zero-order valence-electron chi connectivity index (χ0n) is 18.5. The summed E-state index contributed by atoms with van der Waals surface area (Å²) in [5.41, 5.74) is 1.46. The van der Waals surface area contributed by atoms with Gasteiger partial charge >= 0.3 is 0 Å². The van der Waals surface area contributed by atoms with E-state index in [0.29, 0.717) is 23.7 Å². The smallest absolute Gasteiger partial charge is 0.126 e. The Bertz CT molecular complexity index is 985. The van der Waals surface area contributed by atoms with E-state index in [1.165, 1.54) is 4.90 Å². The first kappa shape index (κ1) is 23.5. The van der Waals surface area contributed by atoms with Crippen molar-refractivity contribution in [3.05, 3.63) is 52.9 Å². The standard InChI is InChI=1S/C25H31FN2O2S2/c1-30-20-3-5-25-23(14-20)22(6-9-27-25)24(26)4-2-18-7-10-28(15-19(18)16-29)11-13-32-21-8-12-31-17-21/h3,5-6,8-9,12,14,17-19,24,29H,2,4,7,10-11,13,15-16H2,1H3/t18-,19-,24+/m1/s1. The molecule has 4 nitrogen and oxygen atoms in total. The van der Waals surface area contributed by atoms with Gasteiger partial charge in [0.1, 0.15) is 11.9 Å². The molecule has 1 fully saturated rings. The fourth-order valence-electron chi connectivity index (χ4n) is 4.64. The fourth-order valence-corrected chi connectivity index (χ4v) is 6.43. The second-order valence-corrected chi connectivity index (χ2v) is 10.4. The highest BCUT2D eigenvalue weighted by Crippen LogP contribution is 2.35. The third kappa shape index (κ3) is 5.81. The minimum absolute atomic E-state index is 0.172. The molecule has 4 rings (SSSR count). The minimum Gasteiger partial charge on any atom is -0.497 e. The molecule has 0 amide bonds. The quantitative estimate of drug-likeness (QED) is 0.375. The summed E-state index contributed by atoms with van der Waals surface area (Å²) in [5, 5.41) is 15.1. The maximum absolute atomic E-state index is 15.3. The molecule has 1 aliphatic heterocycles. The molecule has 0 spiro atoms. The number of pyridine rings is 1. The summed E-state index contributed by atoms with van der Waals surface area (Å²) < 4.78 is 20.6. The fraction of sp³-hybridized carbons (Fsp3) is 0.480. The summed E-state index contributed by atoms with van der Waals surface area (Å²) in [4.78, 5) is 8.15. The summed E-state index contributed by atoms with van der Waals surface area (Å²) in [7, 11) is 1.62. The van der Waals surface area contributed by atoms with E-state index in [2.05, 4.69) is 26.7 Å². The highest BCUT2D eigenvalue weighted by Gasteiger charge is 2.29. The molecule has 172 valence electrons. The molecular weight excluding hydrogens is 443 g/mol. The van der Waals surface area contributed by atoms with E-state index in [-0.39, 0.29) is 12.5 Å². The van der Waals surface area contributed by atoms with E-state index >= 15 is 4.39 Å². The summed E-state index contributed by atoms with van der Waals surface area (Å²) in [6.45, 7) is 3.13. The third-order valence-electron chi connectivity index (χ3n) is 6.49. The van der Waals surface area contributed by atoms with Crippen molar-refractivity contribution in [1.29, 1.82) is 0 Å². The van der Waals surface area contributed by atoms with Gasteiger partial charge in [-0.1, -0.05) is 0 Å². The Morgan fingerprint density at radius 2 is 2.22 bits per heavy atom. The number of methoxy groups -OCH3 is 1. The van der Waals surface area contributed by atoms with Gasteiger partial charge in [-0.05, 0) is 78.9 Å². The Kier molecular flexibility index (Phi) is 8.41. The molecule has 0 aliphatic carbocycles. The lowest BCUT2D eigenvalue weighted by Gasteiger charge is -2.38. The SMILES string of the molecule is COc1ccc2nccc([C@@H](F)CC[C@@H]3CCN(CCSc4ccsc4)C[C@@H]3CO)c2c1. The second-order valence-electron chi connectivity index (χ2n) is 8.43. The highest BCUT2D eigenvalue weighted by molar-refractivity contribution is 7.99. The number of alkyl halides is 1. The number of nitrogens with zero attached hydrogens (tertiary/aromatic N) is 2. The van der Waals surface area contributed by atoms with Crippen LogP contribution in [0.5, 0.6) is 5.75 Å². The number of ether oxygens (including phenoxy) is 1. The van der Waals surface area contributed by atoms with E-state index in [4.69, 9.17) is 4.74 Å². The average Bonchev–Trinajstić information content (AvgIpc) is 3.35. The highest BCUT2D eigenvalue weighted by atomic mass is 32.2. The van der Waals surface area contributed by atoms with Gasteiger partial charge in [0.2, 0.25) is 0 Å². The Morgan fingerprint density at radius 1 is 1.31 bits per heavy atom. The number of piperidine rings is 1. The van der Waals surface area contributed by atoms with Crippen molar-refractivity contribution in [2.75, 3.05) is 39.1 Å². The normalized spacial score (nSPS) is 20.5. The molecule has 32 heavy (non-hydrogen) atoms. The monoisotopic (exact) mass is 474 g/mol. The number of likely N-dealkylation sites (tertiary alicyclic amines) is 1. The van der Waals surface area contributed by atoms with E-state index in [1.54, 1.807) is 30.7 Å². The molecule has 1 aromatic carbocycles. The van der Waals surface area contributed by atoms with Crippen LogP contribution in [0, 0.1) is 11.8 Å². The van der Waals surface area contributed by atoms with Gasteiger partial charge in [0.05, 0.1) is 12.6 Å². The maximum atomic E-state index is 15.3. The molecule has 2 aromatic heterocycles. The number of thiophene rings is 1. The molecule has 3 aromatic rings. The maximum Gasteiger partial charge on any atom is 0.126 e. The molecule has 3 atom stereocenters. The molecule has 0 bridgehead atoms. The molecule has 0 radical (unpaired) electrons. The van der Waals surface area contributed by atoms with Crippen LogP contribution in [0.25, 0.3) is 10.9 Å². The molecule has 7 heteroatoms. The Balaban J connectivity index is 1.31. The number of hydrogen-bond acceptors (Lipinski definition) is 6. The van der Waals surface area contributed by atoms with E-state index < -0.39 is 6.17 Å². The van der Waals surface area contributed by atoms with Gasteiger partial charge in [-0.25, -0.2) is 4.39 Å². The molecule has 1 N–H and O–H groups in total. The van der Waals surface area contributed by atoms with E-state index in [9.17, 15) is 5.11 Å². The zero-order chi connectivity index (χ0) is 22.3. The Hall–Kier alpha value is -1.67. The van der Waals surface area contributed by atoms with Crippen molar-refractivity contribution in [2.24, 2.45) is 11.8 Å². The average molecular weight is 475 g/mol. The first-order chi connectivity index (χ1) is 15.7. The van der Waals surface area contributed by atoms with Gasteiger partial charge in [0.25, 0.3) is 0 Å². The summed E-state index contributed by atoms with van der Waals surface area (Å²) in [5.74, 6) is 2.35. The van der Waals surface area contributed by atoms with Gasteiger partial charge in [-0.2, -0.15) is 11.3 Å². The number of fused-ring (bicyclic) bond motifs is 1. The molecule has 1 aliphatic rings. The number of hydrogen-bond donors (Lipinski definition) is 1. The van der Waals surface area contributed by atoms with Crippen molar-refractivity contribution in [1.82, 2.24) is 9.88 Å². The lowest BCUT2D eigenvalue weighted by atomic mass is 9.81. The van der Waals surface area contributed by atoms with Crippen molar-refractivity contribution in [2.45, 2.75) is 30.3 Å². The number of aliphatic hydroxyl groups is 1. The van der Waals surface area contributed by atoms with Gasteiger partial charge in [0, 0.05) is 47.3 Å². The lowest BCUT2D eigenvalue weighted by molar-refractivity contribution is 0.0672. The molecule has 0 saturated carbocycles. The first-order valence-electron chi connectivity index (χ1n) is 11.2. The second kappa shape index (κ2) is 11.5. The van der Waals surface area contributed by atoms with Crippen LogP contribution in [-0.4, -0.2) is 54.1 Å². The van der Waals surface area contributed by atoms with Crippen LogP contribution in [-0.2, 0) is 0 Å². The number of aliphatic hydroxyl groups excluding tert-OH is 1. The van der Waals surface area contributed by atoms with Crippen molar-refractivity contribution >= 4 is 34.0 Å². The van der Waals surface area contributed by atoms with Crippen LogP contribution < -0.4 is 4.74 Å². The molecular formula is C25H31FN2O2S2. The third-order valence-corrected chi connectivity index (χ3v) is 8.30. The van der Waals surface area contributed by atoms with Gasteiger partial charge < -0.3 is 14.7 Å². The predicted octanol–water partition coefficient (Wildman–Crippen LogP) is 5.82. The Labute approximate surface area is 197 Å². The van der Waals surface area contributed by atoms with E-state index in [1.807, 2.05) is 30.0 Å². The van der Waals surface area contributed by atoms with Crippen LogP contribution in [0.1, 0.15) is 31.0 Å². The topological polar surface area (TPSA) is 45.6 Å². The summed E-state index contributed by atoms with van der Waals surface area (Å²) in [6.07, 6.45) is 2.90. The largest absolute Gasteiger partial charge is 0.497 e. The minimum atomic E-state index is -1.05. The number of rotatable bonds is 10. The van der Waals surface area contributed by atoms with E-state index in [0.717, 1.165) is 49.1 Å². The number of thioether (sulfide) groups is 1. The number of aromatic nitrogens is 1. The van der Waals surface area contributed by atoms with Crippen molar-refractivity contribution in [3.63, 3.8) is 0 Å². The van der Waals surface area contributed by atoms with Gasteiger partial charge in [-0.15, -0.1) is 11.8 Å². The Morgan fingerprint density at radius 3 is 3.00 bits per heavy atom. The first-order valence-corrected chi connectivity index (χ1v) is 13.2. The van der Waals surface area contributed by atoms with Crippen LogP contribution >= 0.6 is 23.1 Å². The van der Waals surface area contributed by atoms with Crippen LogP contribution in [0.4, 0.5) is 4.39 Å². The molecule has 1 saturated heterocycles. The summed E-state index contributed by atoms with van der Waals surface area (Å²) >= 11 is 3.62. The van der Waals surface area contributed by atoms with Crippen LogP contribution in [0.15, 0.2) is 52.2 Å². The van der Waals surface area contributed by atoms with Crippen LogP contribution in [0.2, 0.25) is 0 Å². The molecule has 0 unspecified atom stereocenters. The predicted molar refractivity (Wildman–Crippen MR) is 132 cm³/mol. The van der Waals surface area contributed by atoms with Crippen molar-refractivity contribution < 1.29 is 14.2 Å². The zero-order valence-corrected chi connectivity index (χ0v) is 20.1.